The van der Waals surface area contributed by atoms with E-state index in [1.165, 1.54) is 19.3 Å². The highest BCUT2D eigenvalue weighted by molar-refractivity contribution is 5.79. The molecular formula is C23H41N3O5. The van der Waals surface area contributed by atoms with E-state index >= 15 is 0 Å². The van der Waals surface area contributed by atoms with Crippen LogP contribution in [0.3, 0.4) is 0 Å². The molecule has 2 N–H and O–H groups in total. The Kier molecular flexibility index (Phi) is 10.1. The highest BCUT2D eigenvalue weighted by Crippen LogP contribution is 2.26. The lowest BCUT2D eigenvalue weighted by atomic mass is 9.88. The van der Waals surface area contributed by atoms with E-state index < -0.39 is 11.7 Å². The van der Waals surface area contributed by atoms with E-state index in [9.17, 15) is 14.4 Å². The lowest BCUT2D eigenvalue weighted by Gasteiger charge is -2.36. The highest BCUT2D eigenvalue weighted by Gasteiger charge is 2.29. The van der Waals surface area contributed by atoms with Gasteiger partial charge in [-0.25, -0.2) is 4.79 Å². The number of carbonyl (C=O) groups is 3. The van der Waals surface area contributed by atoms with Gasteiger partial charge in [0.05, 0.1) is 6.10 Å². The van der Waals surface area contributed by atoms with Crippen molar-refractivity contribution in [2.45, 2.75) is 96.8 Å². The molecule has 1 saturated heterocycles. The summed E-state index contributed by atoms with van der Waals surface area (Å²) in [5, 5.41) is 5.49. The van der Waals surface area contributed by atoms with Gasteiger partial charge in [0.25, 0.3) is 0 Å². The number of carbonyl (C=O) groups excluding carboxylic acids is 3. The first-order valence-electron chi connectivity index (χ1n) is 11.8. The van der Waals surface area contributed by atoms with Gasteiger partial charge in [-0.15, -0.1) is 0 Å². The molecule has 1 aliphatic heterocycles. The van der Waals surface area contributed by atoms with E-state index in [0.29, 0.717) is 19.0 Å². The molecule has 2 rings (SSSR count). The minimum Gasteiger partial charge on any atom is -0.444 e. The Hall–Kier alpha value is -1.83. The van der Waals surface area contributed by atoms with Crippen LogP contribution in [0.25, 0.3) is 0 Å². The van der Waals surface area contributed by atoms with Crippen LogP contribution in [-0.4, -0.2) is 66.8 Å². The molecule has 0 aromatic heterocycles. The predicted octanol–water partition coefficient (Wildman–Crippen LogP) is 2.99. The molecule has 3 amide bonds. The zero-order valence-corrected chi connectivity index (χ0v) is 19.7. The quantitative estimate of drug-likeness (QED) is 0.606. The Bertz CT molecular complexity index is 605. The second-order valence-electron chi connectivity index (χ2n) is 9.83. The van der Waals surface area contributed by atoms with Crippen LogP contribution in [0.4, 0.5) is 4.79 Å². The summed E-state index contributed by atoms with van der Waals surface area (Å²) in [4.78, 5) is 38.5. The molecule has 0 aromatic carbocycles. The molecule has 31 heavy (non-hydrogen) atoms. The van der Waals surface area contributed by atoms with Gasteiger partial charge in [0, 0.05) is 32.1 Å². The lowest BCUT2D eigenvalue weighted by molar-refractivity contribution is -0.144. The van der Waals surface area contributed by atoms with E-state index in [-0.39, 0.29) is 43.5 Å². The molecule has 1 aliphatic carbocycles. The number of hydrogen-bond acceptors (Lipinski definition) is 5. The third-order valence-electron chi connectivity index (χ3n) is 5.96. The number of ether oxygens (including phenoxy) is 2. The van der Waals surface area contributed by atoms with Crippen LogP contribution in [0.5, 0.6) is 0 Å². The summed E-state index contributed by atoms with van der Waals surface area (Å²) in [6, 6.07) is -0.00334. The lowest BCUT2D eigenvalue weighted by Crippen LogP contribution is -2.51. The molecule has 0 radical (unpaired) electrons. The fraction of sp³-hybridized carbons (Fsp3) is 0.870. The molecule has 0 aromatic rings. The fourth-order valence-corrected chi connectivity index (χ4v) is 4.24. The monoisotopic (exact) mass is 439 g/mol. The smallest absolute Gasteiger partial charge is 0.407 e. The Morgan fingerprint density at radius 1 is 1.00 bits per heavy atom. The highest BCUT2D eigenvalue weighted by atomic mass is 16.6. The van der Waals surface area contributed by atoms with Crippen molar-refractivity contribution in [3.05, 3.63) is 0 Å². The molecule has 8 nitrogen and oxygen atoms in total. The fourth-order valence-electron chi connectivity index (χ4n) is 4.24. The molecular weight excluding hydrogens is 398 g/mol. The van der Waals surface area contributed by atoms with Crippen molar-refractivity contribution in [1.82, 2.24) is 15.5 Å². The third-order valence-corrected chi connectivity index (χ3v) is 5.96. The summed E-state index contributed by atoms with van der Waals surface area (Å²) < 4.78 is 11.1. The summed E-state index contributed by atoms with van der Waals surface area (Å²) in [7, 11) is 0. The van der Waals surface area contributed by atoms with E-state index in [1.54, 1.807) is 20.8 Å². The van der Waals surface area contributed by atoms with Crippen LogP contribution < -0.4 is 10.6 Å². The van der Waals surface area contributed by atoms with Crippen molar-refractivity contribution in [2.24, 2.45) is 5.92 Å². The van der Waals surface area contributed by atoms with Crippen LogP contribution in [0.15, 0.2) is 0 Å². The van der Waals surface area contributed by atoms with E-state index in [2.05, 4.69) is 17.6 Å². The molecule has 178 valence electrons. The largest absolute Gasteiger partial charge is 0.444 e. The second kappa shape index (κ2) is 12.3. The molecule has 2 aliphatic rings. The van der Waals surface area contributed by atoms with Crippen molar-refractivity contribution in [1.29, 1.82) is 0 Å². The van der Waals surface area contributed by atoms with Gasteiger partial charge in [0.2, 0.25) is 11.8 Å². The van der Waals surface area contributed by atoms with Crippen LogP contribution in [-0.2, 0) is 19.1 Å². The summed E-state index contributed by atoms with van der Waals surface area (Å²) in [6.45, 7) is 9.04. The number of rotatable bonds is 8. The first kappa shape index (κ1) is 25.4. The number of nitrogens with zero attached hydrogens (tertiary/aromatic N) is 1. The van der Waals surface area contributed by atoms with Gasteiger partial charge in [-0.3, -0.25) is 9.59 Å². The predicted molar refractivity (Wildman–Crippen MR) is 119 cm³/mol. The van der Waals surface area contributed by atoms with Crippen LogP contribution in [0.1, 0.15) is 79.1 Å². The zero-order chi connectivity index (χ0) is 22.9. The number of alkyl carbamates (subject to hydrolysis) is 1. The summed E-state index contributed by atoms with van der Waals surface area (Å²) in [5.41, 5.74) is -0.567. The van der Waals surface area contributed by atoms with Gasteiger partial charge < -0.3 is 25.0 Å². The van der Waals surface area contributed by atoms with E-state index in [4.69, 9.17) is 9.47 Å². The average Bonchev–Trinajstić information content (AvgIpc) is 2.70. The Labute approximate surface area is 186 Å². The van der Waals surface area contributed by atoms with Crippen LogP contribution >= 0.6 is 0 Å². The minimum atomic E-state index is -0.567. The molecule has 2 fully saturated rings. The molecule has 0 spiro atoms. The summed E-state index contributed by atoms with van der Waals surface area (Å²) in [6.07, 6.45) is 7.34. The van der Waals surface area contributed by atoms with Crippen molar-refractivity contribution in [3.8, 4) is 0 Å². The molecule has 0 bridgehead atoms. The molecule has 3 atom stereocenters. The Morgan fingerprint density at radius 2 is 1.71 bits per heavy atom. The van der Waals surface area contributed by atoms with Gasteiger partial charge in [0.15, 0.2) is 0 Å². The van der Waals surface area contributed by atoms with Gasteiger partial charge in [0.1, 0.15) is 12.2 Å². The van der Waals surface area contributed by atoms with Crippen molar-refractivity contribution in [2.75, 3.05) is 26.2 Å². The first-order chi connectivity index (χ1) is 14.7. The minimum absolute atomic E-state index is 0.00334. The molecule has 8 heteroatoms. The SMILES string of the molecule is C[C@@H]1CCCC[C@H]1OCC(=O)N1CCCC[C@@H]1CNC(=O)CCNC(=O)OC(C)(C)C. The third kappa shape index (κ3) is 9.46. The molecule has 1 heterocycles. The first-order valence-corrected chi connectivity index (χ1v) is 11.8. The van der Waals surface area contributed by atoms with E-state index in [1.807, 2.05) is 4.90 Å². The maximum absolute atomic E-state index is 12.8. The van der Waals surface area contributed by atoms with Crippen LogP contribution in [0.2, 0.25) is 0 Å². The Morgan fingerprint density at radius 3 is 2.42 bits per heavy atom. The van der Waals surface area contributed by atoms with Crippen LogP contribution in [0, 0.1) is 5.92 Å². The normalized spacial score (nSPS) is 24.4. The van der Waals surface area contributed by atoms with Crippen molar-refractivity contribution >= 4 is 17.9 Å². The number of likely N-dealkylation sites (tertiary alicyclic amines) is 1. The summed E-state index contributed by atoms with van der Waals surface area (Å²) in [5.74, 6) is 0.372. The standard InChI is InChI=1S/C23H41N3O5/c1-17-9-5-6-11-19(17)30-16-21(28)26-14-8-7-10-18(26)15-25-20(27)12-13-24-22(29)31-23(2,3)4/h17-19H,5-16H2,1-4H3,(H,24,29)(H,25,27)/t17-,18-,19-/m1/s1. The number of amides is 3. The molecule has 1 saturated carbocycles. The maximum atomic E-state index is 12.8. The second-order valence-corrected chi connectivity index (χ2v) is 9.83. The maximum Gasteiger partial charge on any atom is 0.407 e. The van der Waals surface area contributed by atoms with Gasteiger partial charge in [-0.2, -0.15) is 0 Å². The molecule has 0 unspecified atom stereocenters. The van der Waals surface area contributed by atoms with E-state index in [0.717, 1.165) is 25.7 Å². The topological polar surface area (TPSA) is 97.0 Å². The Balaban J connectivity index is 1.70. The number of nitrogens with one attached hydrogen (secondary N) is 2. The summed E-state index contributed by atoms with van der Waals surface area (Å²) >= 11 is 0. The number of piperidine rings is 1. The zero-order valence-electron chi connectivity index (χ0n) is 19.7. The van der Waals surface area contributed by atoms with Gasteiger partial charge in [-0.05, 0) is 58.8 Å². The van der Waals surface area contributed by atoms with Crippen molar-refractivity contribution < 1.29 is 23.9 Å². The van der Waals surface area contributed by atoms with Gasteiger partial charge in [-0.1, -0.05) is 19.8 Å². The average molecular weight is 440 g/mol. The van der Waals surface area contributed by atoms with Gasteiger partial charge >= 0.3 is 6.09 Å². The number of hydrogen-bond donors (Lipinski definition) is 2. The van der Waals surface area contributed by atoms with Crippen molar-refractivity contribution in [3.63, 3.8) is 0 Å².